The van der Waals surface area contributed by atoms with Crippen molar-refractivity contribution >= 4 is 10.0 Å². The highest BCUT2D eigenvalue weighted by Crippen LogP contribution is 2.23. The van der Waals surface area contributed by atoms with Gasteiger partial charge in [-0.3, -0.25) is 4.79 Å². The fraction of sp³-hybridized carbons (Fsp3) is 0.111. The van der Waals surface area contributed by atoms with E-state index in [9.17, 15) is 13.2 Å². The van der Waals surface area contributed by atoms with E-state index in [-0.39, 0.29) is 17.0 Å². The molecule has 0 spiro atoms. The minimum absolute atomic E-state index is 0.189. The van der Waals surface area contributed by atoms with Gasteiger partial charge >= 0.3 is 0 Å². The van der Waals surface area contributed by atoms with E-state index in [4.69, 9.17) is 0 Å². The van der Waals surface area contributed by atoms with E-state index < -0.39 is 10.0 Å². The van der Waals surface area contributed by atoms with E-state index in [1.54, 1.807) is 31.2 Å². The molecule has 0 aliphatic rings. The van der Waals surface area contributed by atoms with Gasteiger partial charge in [-0.15, -0.1) is 0 Å². The quantitative estimate of drug-likeness (QED) is 0.734. The molecule has 0 amide bonds. The van der Waals surface area contributed by atoms with Gasteiger partial charge in [-0.1, -0.05) is 42.5 Å². The zero-order valence-electron chi connectivity index (χ0n) is 13.6. The van der Waals surface area contributed by atoms with Crippen LogP contribution in [0.15, 0.2) is 70.4 Å². The zero-order chi connectivity index (χ0) is 17.9. The second-order valence-electron chi connectivity index (χ2n) is 5.60. The van der Waals surface area contributed by atoms with E-state index in [1.807, 2.05) is 30.3 Å². The Hall–Kier alpha value is -2.77. The third-order valence-corrected chi connectivity index (χ3v) is 5.30. The van der Waals surface area contributed by atoms with Crippen molar-refractivity contribution in [1.29, 1.82) is 0 Å². The average Bonchev–Trinajstić information content (AvgIpc) is 2.62. The molecule has 2 N–H and O–H groups in total. The van der Waals surface area contributed by atoms with E-state index in [1.165, 1.54) is 6.07 Å². The number of aromatic nitrogens is 2. The second-order valence-corrected chi connectivity index (χ2v) is 7.33. The van der Waals surface area contributed by atoms with Crippen LogP contribution in [0.3, 0.4) is 0 Å². The number of sulfonamides is 1. The normalized spacial score (nSPS) is 11.4. The van der Waals surface area contributed by atoms with Gasteiger partial charge in [-0.25, -0.2) is 18.2 Å². The van der Waals surface area contributed by atoms with Crippen molar-refractivity contribution in [3.05, 3.63) is 82.1 Å². The highest BCUT2D eigenvalue weighted by Gasteiger charge is 2.18. The molecular weight excluding hydrogens is 338 g/mol. The van der Waals surface area contributed by atoms with Crippen LogP contribution >= 0.6 is 0 Å². The Bertz CT molecular complexity index is 1020. The summed E-state index contributed by atoms with van der Waals surface area (Å²) in [7, 11) is -3.68. The van der Waals surface area contributed by atoms with Crippen molar-refractivity contribution in [2.45, 2.75) is 18.4 Å². The Labute approximate surface area is 145 Å². The summed E-state index contributed by atoms with van der Waals surface area (Å²) in [5, 5.41) is 6.29. The van der Waals surface area contributed by atoms with E-state index in [0.29, 0.717) is 16.8 Å². The summed E-state index contributed by atoms with van der Waals surface area (Å²) < 4.78 is 28.0. The van der Waals surface area contributed by atoms with Gasteiger partial charge in [0, 0.05) is 18.2 Å². The lowest BCUT2D eigenvalue weighted by atomic mass is 10.1. The molecule has 3 rings (SSSR count). The highest BCUT2D eigenvalue weighted by atomic mass is 32.2. The van der Waals surface area contributed by atoms with Crippen LogP contribution in [0.25, 0.3) is 11.3 Å². The van der Waals surface area contributed by atoms with Crippen molar-refractivity contribution < 1.29 is 8.42 Å². The molecule has 0 saturated carbocycles. The molecule has 0 bridgehead atoms. The molecule has 1 heterocycles. The summed E-state index contributed by atoms with van der Waals surface area (Å²) in [6.45, 7) is 1.95. The van der Waals surface area contributed by atoms with Gasteiger partial charge in [0.25, 0.3) is 5.56 Å². The molecule has 25 heavy (non-hydrogen) atoms. The van der Waals surface area contributed by atoms with Crippen LogP contribution in [-0.4, -0.2) is 18.6 Å². The van der Waals surface area contributed by atoms with Gasteiger partial charge in [0.05, 0.1) is 10.6 Å². The fourth-order valence-corrected chi connectivity index (χ4v) is 3.69. The van der Waals surface area contributed by atoms with Crippen molar-refractivity contribution in [2.75, 3.05) is 0 Å². The maximum absolute atomic E-state index is 12.7. The van der Waals surface area contributed by atoms with E-state index in [0.717, 1.165) is 5.56 Å². The lowest BCUT2D eigenvalue weighted by Crippen LogP contribution is -2.24. The van der Waals surface area contributed by atoms with Crippen molar-refractivity contribution in [1.82, 2.24) is 14.9 Å². The van der Waals surface area contributed by atoms with Crippen LogP contribution in [0.4, 0.5) is 0 Å². The number of nitrogens with zero attached hydrogens (tertiary/aromatic N) is 1. The molecule has 1 aromatic heterocycles. The summed E-state index contributed by atoms with van der Waals surface area (Å²) in [4.78, 5) is 11.3. The van der Waals surface area contributed by atoms with Gasteiger partial charge < -0.3 is 0 Å². The van der Waals surface area contributed by atoms with Gasteiger partial charge in [-0.05, 0) is 30.2 Å². The lowest BCUT2D eigenvalue weighted by molar-refractivity contribution is 0.580. The standard InChI is InChI=1S/C18H17N3O3S/c1-13-7-8-15(16-9-10-18(22)21-20-16)11-17(13)25(23,24)19-12-14-5-3-2-4-6-14/h2-11,19H,12H2,1H3,(H,21,22). The number of aryl methyl sites for hydroxylation is 1. The average molecular weight is 355 g/mol. The number of benzene rings is 2. The Morgan fingerprint density at radius 2 is 1.80 bits per heavy atom. The molecule has 128 valence electrons. The summed E-state index contributed by atoms with van der Waals surface area (Å²) in [5.74, 6) is 0. The molecule has 0 aliphatic carbocycles. The Balaban J connectivity index is 1.91. The largest absolute Gasteiger partial charge is 0.268 e. The molecule has 0 radical (unpaired) electrons. The summed E-state index contributed by atoms with van der Waals surface area (Å²) in [6, 6.07) is 17.3. The second kappa shape index (κ2) is 7.00. The van der Waals surface area contributed by atoms with Gasteiger partial charge in [0.2, 0.25) is 10.0 Å². The van der Waals surface area contributed by atoms with Crippen LogP contribution in [0.1, 0.15) is 11.1 Å². The fourth-order valence-electron chi connectivity index (χ4n) is 2.41. The molecule has 0 aliphatic heterocycles. The summed E-state index contributed by atoms with van der Waals surface area (Å²) in [5.41, 5.74) is 2.31. The third-order valence-electron chi connectivity index (χ3n) is 3.76. The number of aromatic amines is 1. The third kappa shape index (κ3) is 4.01. The van der Waals surface area contributed by atoms with Crippen LogP contribution in [-0.2, 0) is 16.6 Å². The highest BCUT2D eigenvalue weighted by molar-refractivity contribution is 7.89. The first kappa shape index (κ1) is 17.1. The monoisotopic (exact) mass is 355 g/mol. The van der Waals surface area contributed by atoms with Crippen molar-refractivity contribution in [2.24, 2.45) is 0 Å². The van der Waals surface area contributed by atoms with Crippen LogP contribution in [0.2, 0.25) is 0 Å². The van der Waals surface area contributed by atoms with Crippen molar-refractivity contribution in [3.63, 3.8) is 0 Å². The molecule has 6 nitrogen and oxygen atoms in total. The predicted molar refractivity (Wildman–Crippen MR) is 95.5 cm³/mol. The molecule has 3 aromatic rings. The number of hydrogen-bond acceptors (Lipinski definition) is 4. The number of H-pyrrole nitrogens is 1. The molecule has 0 saturated heterocycles. The zero-order valence-corrected chi connectivity index (χ0v) is 14.4. The van der Waals surface area contributed by atoms with Gasteiger partial charge in [0.15, 0.2) is 0 Å². The molecular formula is C18H17N3O3S. The summed E-state index contributed by atoms with van der Waals surface area (Å²) in [6.07, 6.45) is 0. The van der Waals surface area contributed by atoms with Gasteiger partial charge in [-0.2, -0.15) is 5.10 Å². The molecule has 0 fully saturated rings. The number of hydrogen-bond donors (Lipinski definition) is 2. The topological polar surface area (TPSA) is 91.9 Å². The maximum atomic E-state index is 12.7. The predicted octanol–water partition coefficient (Wildman–Crippen LogP) is 2.22. The number of nitrogens with one attached hydrogen (secondary N) is 2. The Morgan fingerprint density at radius 3 is 2.48 bits per heavy atom. The van der Waals surface area contributed by atoms with E-state index in [2.05, 4.69) is 14.9 Å². The Kier molecular flexibility index (Phi) is 4.78. The first-order valence-electron chi connectivity index (χ1n) is 7.66. The minimum Gasteiger partial charge on any atom is -0.268 e. The van der Waals surface area contributed by atoms with Crippen molar-refractivity contribution in [3.8, 4) is 11.3 Å². The molecule has 2 aromatic carbocycles. The summed E-state index contributed by atoms with van der Waals surface area (Å²) >= 11 is 0. The minimum atomic E-state index is -3.68. The first-order valence-corrected chi connectivity index (χ1v) is 9.14. The maximum Gasteiger partial charge on any atom is 0.264 e. The lowest BCUT2D eigenvalue weighted by Gasteiger charge is -2.11. The van der Waals surface area contributed by atoms with Crippen LogP contribution in [0, 0.1) is 6.92 Å². The SMILES string of the molecule is Cc1ccc(-c2ccc(=O)[nH]n2)cc1S(=O)(=O)NCc1ccccc1. The molecule has 0 atom stereocenters. The Morgan fingerprint density at radius 1 is 1.04 bits per heavy atom. The smallest absolute Gasteiger partial charge is 0.264 e. The van der Waals surface area contributed by atoms with Crippen LogP contribution in [0.5, 0.6) is 0 Å². The van der Waals surface area contributed by atoms with Gasteiger partial charge in [0.1, 0.15) is 0 Å². The molecule has 0 unspecified atom stereocenters. The molecule has 7 heteroatoms. The van der Waals surface area contributed by atoms with E-state index >= 15 is 0 Å². The first-order chi connectivity index (χ1) is 12.0. The van der Waals surface area contributed by atoms with Crippen LogP contribution < -0.4 is 10.3 Å². The number of rotatable bonds is 5.